The van der Waals surface area contributed by atoms with Crippen molar-refractivity contribution in [1.29, 1.82) is 0 Å². The SMILES string of the molecule is CCN(Cc1nc(-c2ccc(C)cc2)no1)C(=O)COc1ccc(C(C)(C)C)cc1. The van der Waals surface area contributed by atoms with Gasteiger partial charge < -0.3 is 14.2 Å². The maximum atomic E-state index is 12.6. The van der Waals surface area contributed by atoms with Crippen LogP contribution in [0.2, 0.25) is 0 Å². The fraction of sp³-hybridized carbons (Fsp3) is 0.375. The second kappa shape index (κ2) is 9.11. The second-order valence-corrected chi connectivity index (χ2v) is 8.35. The minimum absolute atomic E-state index is 0.0400. The molecule has 0 saturated carbocycles. The Kier molecular flexibility index (Phi) is 6.55. The molecule has 0 atom stereocenters. The van der Waals surface area contributed by atoms with E-state index in [1.54, 1.807) is 4.90 Å². The highest BCUT2D eigenvalue weighted by Crippen LogP contribution is 2.24. The largest absolute Gasteiger partial charge is 0.484 e. The van der Waals surface area contributed by atoms with Gasteiger partial charge in [0.1, 0.15) is 12.3 Å². The Morgan fingerprint density at radius 3 is 2.33 bits per heavy atom. The molecule has 0 N–H and O–H groups in total. The molecule has 0 aliphatic heterocycles. The lowest BCUT2D eigenvalue weighted by Gasteiger charge is -2.20. The third-order valence-corrected chi connectivity index (χ3v) is 4.92. The first-order valence-corrected chi connectivity index (χ1v) is 10.2. The fourth-order valence-electron chi connectivity index (χ4n) is 2.97. The molecule has 30 heavy (non-hydrogen) atoms. The molecule has 0 radical (unpaired) electrons. The van der Waals surface area contributed by atoms with Crippen LogP contribution in [0, 0.1) is 6.92 Å². The van der Waals surface area contributed by atoms with E-state index in [0.717, 1.165) is 5.56 Å². The third-order valence-electron chi connectivity index (χ3n) is 4.92. The molecule has 1 aromatic heterocycles. The molecule has 3 rings (SSSR count). The van der Waals surface area contributed by atoms with Gasteiger partial charge in [-0.05, 0) is 37.0 Å². The van der Waals surface area contributed by atoms with Gasteiger partial charge in [-0.25, -0.2) is 0 Å². The lowest BCUT2D eigenvalue weighted by Crippen LogP contribution is -2.34. The van der Waals surface area contributed by atoms with E-state index in [9.17, 15) is 4.79 Å². The van der Waals surface area contributed by atoms with Crippen molar-refractivity contribution >= 4 is 5.91 Å². The first-order valence-electron chi connectivity index (χ1n) is 10.2. The van der Waals surface area contributed by atoms with Crippen LogP contribution in [0.4, 0.5) is 0 Å². The van der Waals surface area contributed by atoms with Crippen LogP contribution >= 0.6 is 0 Å². The number of likely N-dealkylation sites (N-methyl/N-ethyl adjacent to an activating group) is 1. The third kappa shape index (κ3) is 5.47. The Balaban J connectivity index is 1.58. The number of benzene rings is 2. The van der Waals surface area contributed by atoms with Crippen molar-refractivity contribution in [2.24, 2.45) is 0 Å². The molecule has 0 aliphatic carbocycles. The van der Waals surface area contributed by atoms with Gasteiger partial charge in [0.05, 0.1) is 0 Å². The minimum atomic E-state index is -0.132. The van der Waals surface area contributed by atoms with E-state index in [2.05, 4.69) is 30.9 Å². The summed E-state index contributed by atoms with van der Waals surface area (Å²) in [6.45, 7) is 11.1. The lowest BCUT2D eigenvalue weighted by molar-refractivity contribution is -0.134. The van der Waals surface area contributed by atoms with E-state index in [0.29, 0.717) is 24.0 Å². The molecule has 0 aliphatic rings. The van der Waals surface area contributed by atoms with Crippen LogP contribution in [0.1, 0.15) is 44.7 Å². The summed E-state index contributed by atoms with van der Waals surface area (Å²) in [7, 11) is 0. The average molecular weight is 408 g/mol. The van der Waals surface area contributed by atoms with Crippen LogP contribution in [0.25, 0.3) is 11.4 Å². The molecule has 6 nitrogen and oxygen atoms in total. The standard InChI is InChI=1S/C24H29N3O3/c1-6-27(15-21-25-23(26-30-21)18-9-7-17(2)8-10-18)22(28)16-29-20-13-11-19(12-14-20)24(3,4)5/h7-14H,6,15-16H2,1-5H3. The van der Waals surface area contributed by atoms with E-state index in [-0.39, 0.29) is 24.5 Å². The number of aryl methyl sites for hydroxylation is 1. The average Bonchev–Trinajstić information content (AvgIpc) is 3.19. The number of hydrogen-bond donors (Lipinski definition) is 0. The summed E-state index contributed by atoms with van der Waals surface area (Å²) in [6, 6.07) is 15.8. The van der Waals surface area contributed by atoms with Gasteiger partial charge in [0, 0.05) is 12.1 Å². The van der Waals surface area contributed by atoms with Gasteiger partial charge in [-0.1, -0.05) is 67.9 Å². The zero-order valence-corrected chi connectivity index (χ0v) is 18.3. The Labute approximate surface area is 177 Å². The highest BCUT2D eigenvalue weighted by Gasteiger charge is 2.18. The quantitative estimate of drug-likeness (QED) is 0.564. The zero-order valence-electron chi connectivity index (χ0n) is 18.3. The van der Waals surface area contributed by atoms with Crippen LogP contribution in [0.3, 0.4) is 0 Å². The van der Waals surface area contributed by atoms with Crippen molar-refractivity contribution in [3.63, 3.8) is 0 Å². The van der Waals surface area contributed by atoms with Gasteiger partial charge in [-0.15, -0.1) is 0 Å². The highest BCUT2D eigenvalue weighted by molar-refractivity contribution is 5.77. The van der Waals surface area contributed by atoms with Crippen LogP contribution in [0.15, 0.2) is 53.1 Å². The molecule has 0 unspecified atom stereocenters. The van der Waals surface area contributed by atoms with Crippen LogP contribution in [0.5, 0.6) is 5.75 Å². The number of hydrogen-bond acceptors (Lipinski definition) is 5. The normalized spacial score (nSPS) is 11.4. The van der Waals surface area contributed by atoms with Crippen molar-refractivity contribution in [2.75, 3.05) is 13.2 Å². The van der Waals surface area contributed by atoms with E-state index in [1.807, 2.05) is 62.4 Å². The molecule has 2 aromatic carbocycles. The van der Waals surface area contributed by atoms with Crippen LogP contribution in [-0.2, 0) is 16.8 Å². The highest BCUT2D eigenvalue weighted by atomic mass is 16.5. The minimum Gasteiger partial charge on any atom is -0.484 e. The number of amides is 1. The molecule has 0 bridgehead atoms. The molecule has 3 aromatic rings. The molecule has 0 spiro atoms. The molecule has 1 amide bonds. The van der Waals surface area contributed by atoms with Gasteiger partial charge in [0.25, 0.3) is 5.91 Å². The van der Waals surface area contributed by atoms with Crippen molar-refractivity contribution in [1.82, 2.24) is 15.0 Å². The summed E-state index contributed by atoms with van der Waals surface area (Å²) in [4.78, 5) is 18.7. The number of carbonyl (C=O) groups excluding carboxylic acids is 1. The molecule has 6 heteroatoms. The van der Waals surface area contributed by atoms with Crippen molar-refractivity contribution in [3.05, 3.63) is 65.5 Å². The van der Waals surface area contributed by atoms with Crippen LogP contribution in [-0.4, -0.2) is 34.1 Å². The number of aromatic nitrogens is 2. The van der Waals surface area contributed by atoms with E-state index in [4.69, 9.17) is 9.26 Å². The summed E-state index contributed by atoms with van der Waals surface area (Å²) >= 11 is 0. The van der Waals surface area contributed by atoms with E-state index in [1.165, 1.54) is 11.1 Å². The Morgan fingerprint density at radius 1 is 1.07 bits per heavy atom. The maximum absolute atomic E-state index is 12.6. The maximum Gasteiger partial charge on any atom is 0.260 e. The zero-order chi connectivity index (χ0) is 21.7. The van der Waals surface area contributed by atoms with Gasteiger partial charge >= 0.3 is 0 Å². The smallest absolute Gasteiger partial charge is 0.260 e. The van der Waals surface area contributed by atoms with Crippen molar-refractivity contribution < 1.29 is 14.1 Å². The molecular formula is C24H29N3O3. The Hall–Kier alpha value is -3.15. The van der Waals surface area contributed by atoms with Gasteiger partial charge in [0.15, 0.2) is 6.61 Å². The van der Waals surface area contributed by atoms with E-state index >= 15 is 0 Å². The Morgan fingerprint density at radius 2 is 1.73 bits per heavy atom. The van der Waals surface area contributed by atoms with Crippen molar-refractivity contribution in [2.45, 2.75) is 46.6 Å². The fourth-order valence-corrected chi connectivity index (χ4v) is 2.97. The lowest BCUT2D eigenvalue weighted by atomic mass is 9.87. The number of ether oxygens (including phenoxy) is 1. The summed E-state index contributed by atoms with van der Waals surface area (Å²) < 4.78 is 11.0. The number of rotatable bonds is 7. The summed E-state index contributed by atoms with van der Waals surface area (Å²) in [5.74, 6) is 1.46. The number of nitrogens with zero attached hydrogens (tertiary/aromatic N) is 3. The Bertz CT molecular complexity index is 970. The molecule has 1 heterocycles. The molecule has 0 saturated heterocycles. The molecule has 158 valence electrons. The summed E-state index contributed by atoms with van der Waals surface area (Å²) in [6.07, 6.45) is 0. The van der Waals surface area contributed by atoms with E-state index < -0.39 is 0 Å². The molecular weight excluding hydrogens is 378 g/mol. The van der Waals surface area contributed by atoms with Crippen LogP contribution < -0.4 is 4.74 Å². The number of carbonyl (C=O) groups is 1. The monoisotopic (exact) mass is 407 g/mol. The summed E-state index contributed by atoms with van der Waals surface area (Å²) in [5, 5.41) is 4.03. The first-order chi connectivity index (χ1) is 14.3. The first kappa shape index (κ1) is 21.6. The van der Waals surface area contributed by atoms with Gasteiger partial charge in [-0.2, -0.15) is 4.98 Å². The topological polar surface area (TPSA) is 68.5 Å². The predicted molar refractivity (Wildman–Crippen MR) is 116 cm³/mol. The van der Waals surface area contributed by atoms with Gasteiger partial charge in [0.2, 0.25) is 11.7 Å². The predicted octanol–water partition coefficient (Wildman–Crippen LogP) is 4.77. The summed E-state index contributed by atoms with van der Waals surface area (Å²) in [5.41, 5.74) is 3.34. The molecule has 0 fully saturated rings. The van der Waals surface area contributed by atoms with Gasteiger partial charge in [-0.3, -0.25) is 4.79 Å². The second-order valence-electron chi connectivity index (χ2n) is 8.35. The van der Waals surface area contributed by atoms with Crippen molar-refractivity contribution in [3.8, 4) is 17.1 Å².